The van der Waals surface area contributed by atoms with Crippen molar-refractivity contribution in [2.24, 2.45) is 0 Å². The predicted octanol–water partition coefficient (Wildman–Crippen LogP) is 5.23. The Bertz CT molecular complexity index is 515. The molecule has 0 radical (unpaired) electrons. The van der Waals surface area contributed by atoms with Gasteiger partial charge in [-0.3, -0.25) is 0 Å². The molecule has 3 heteroatoms. The molecule has 0 nitrogen and oxygen atoms in total. The van der Waals surface area contributed by atoms with Gasteiger partial charge in [-0.25, -0.2) is 0 Å². The molecule has 0 aliphatic rings. The van der Waals surface area contributed by atoms with E-state index in [1.54, 1.807) is 11.8 Å². The highest BCUT2D eigenvalue weighted by Crippen LogP contribution is 2.24. The van der Waals surface area contributed by atoms with Crippen molar-refractivity contribution in [2.75, 3.05) is 0 Å². The average molecular weight is 323 g/mol. The number of hydrogen-bond donors (Lipinski definition) is 0. The van der Waals surface area contributed by atoms with Crippen LogP contribution in [0, 0.1) is 6.92 Å². The first-order chi connectivity index (χ1) is 8.15. The highest BCUT2D eigenvalue weighted by molar-refractivity contribution is 9.10. The second-order valence-corrected chi connectivity index (χ2v) is 6.38. The van der Waals surface area contributed by atoms with Crippen LogP contribution in [0.4, 0.5) is 0 Å². The molecule has 0 bridgehead atoms. The quantitative estimate of drug-likeness (QED) is 0.548. The van der Waals surface area contributed by atoms with Crippen LogP contribution in [0.2, 0.25) is 0 Å². The largest absolute Gasteiger partial charge is 0.0825 e. The Morgan fingerprint density at radius 2 is 1.59 bits per heavy atom. The van der Waals surface area contributed by atoms with Gasteiger partial charge in [0.25, 0.3) is 0 Å². The van der Waals surface area contributed by atoms with Gasteiger partial charge in [0.1, 0.15) is 0 Å². The number of benzene rings is 2. The van der Waals surface area contributed by atoms with Gasteiger partial charge in [0.15, 0.2) is 0 Å². The second-order valence-electron chi connectivity index (χ2n) is 3.71. The number of thioether (sulfide) groups is 1. The minimum atomic E-state index is 0.904. The summed E-state index contributed by atoms with van der Waals surface area (Å²) in [6, 6.07) is 16.5. The molecule has 0 spiro atoms. The van der Waals surface area contributed by atoms with Crippen LogP contribution in [-0.4, -0.2) is 4.20 Å². The van der Waals surface area contributed by atoms with Crippen LogP contribution in [0.3, 0.4) is 0 Å². The fraction of sp³-hybridized carbons (Fsp3) is 0.0714. The van der Waals surface area contributed by atoms with E-state index in [4.69, 9.17) is 12.2 Å². The van der Waals surface area contributed by atoms with Crippen molar-refractivity contribution in [3.63, 3.8) is 0 Å². The number of hydrogen-bond acceptors (Lipinski definition) is 2. The van der Waals surface area contributed by atoms with Crippen molar-refractivity contribution in [3.05, 3.63) is 64.1 Å². The Labute approximate surface area is 120 Å². The zero-order valence-corrected chi connectivity index (χ0v) is 12.5. The van der Waals surface area contributed by atoms with Gasteiger partial charge in [-0.1, -0.05) is 69.7 Å². The summed E-state index contributed by atoms with van der Waals surface area (Å²) in [5.41, 5.74) is 2.36. The van der Waals surface area contributed by atoms with Crippen LogP contribution in [0.1, 0.15) is 11.1 Å². The maximum Gasteiger partial charge on any atom is 0.0825 e. The zero-order chi connectivity index (χ0) is 12.3. The highest BCUT2D eigenvalue weighted by Gasteiger charge is 2.03. The maximum absolute atomic E-state index is 5.43. The lowest BCUT2D eigenvalue weighted by molar-refractivity contribution is 1.38. The first-order valence-electron chi connectivity index (χ1n) is 5.19. The van der Waals surface area contributed by atoms with E-state index in [2.05, 4.69) is 47.1 Å². The molecular weight excluding hydrogens is 312 g/mol. The number of rotatable bonds is 2. The molecule has 2 aromatic rings. The van der Waals surface area contributed by atoms with Gasteiger partial charge in [0.2, 0.25) is 0 Å². The summed E-state index contributed by atoms with van der Waals surface area (Å²) in [6.07, 6.45) is 0. The predicted molar refractivity (Wildman–Crippen MR) is 82.9 cm³/mol. The van der Waals surface area contributed by atoms with E-state index in [-0.39, 0.29) is 0 Å². The van der Waals surface area contributed by atoms with Gasteiger partial charge in [-0.05, 0) is 36.8 Å². The summed E-state index contributed by atoms with van der Waals surface area (Å²) in [5, 5.41) is 0. The van der Waals surface area contributed by atoms with E-state index in [1.807, 2.05) is 24.3 Å². The number of thiocarbonyl (C=S) groups is 1. The molecule has 0 fully saturated rings. The lowest BCUT2D eigenvalue weighted by Crippen LogP contribution is -1.90. The molecule has 0 saturated heterocycles. The molecule has 0 saturated carbocycles. The highest BCUT2D eigenvalue weighted by atomic mass is 79.9. The Morgan fingerprint density at radius 1 is 1.00 bits per heavy atom. The molecular formula is C14H11BrS2. The van der Waals surface area contributed by atoms with E-state index in [0.29, 0.717) is 0 Å². The van der Waals surface area contributed by atoms with Crippen LogP contribution < -0.4 is 0 Å². The fourth-order valence-electron chi connectivity index (χ4n) is 1.36. The average Bonchev–Trinajstić information content (AvgIpc) is 2.33. The number of halogens is 1. The normalized spacial score (nSPS) is 10.2. The smallest absolute Gasteiger partial charge is 0.0777 e. The van der Waals surface area contributed by atoms with E-state index < -0.39 is 0 Å². The Balaban J connectivity index is 2.11. The zero-order valence-electron chi connectivity index (χ0n) is 9.31. The van der Waals surface area contributed by atoms with Crippen LogP contribution in [0.25, 0.3) is 0 Å². The van der Waals surface area contributed by atoms with Crippen molar-refractivity contribution in [1.29, 1.82) is 0 Å². The standard InChI is InChI=1S/C14H11BrS2/c1-10-2-8-13(9-3-10)17-14(16)11-4-6-12(15)7-5-11/h2-9H,1H3. The summed E-state index contributed by atoms with van der Waals surface area (Å²) in [4.78, 5) is 1.18. The van der Waals surface area contributed by atoms with Crippen molar-refractivity contribution in [2.45, 2.75) is 11.8 Å². The molecule has 2 aromatic carbocycles. The summed E-state index contributed by atoms with van der Waals surface area (Å²) in [7, 11) is 0. The van der Waals surface area contributed by atoms with Crippen molar-refractivity contribution < 1.29 is 0 Å². The monoisotopic (exact) mass is 322 g/mol. The van der Waals surface area contributed by atoms with E-state index in [9.17, 15) is 0 Å². The molecule has 0 N–H and O–H groups in total. The van der Waals surface area contributed by atoms with Crippen LogP contribution in [-0.2, 0) is 0 Å². The molecule has 86 valence electrons. The minimum Gasteiger partial charge on any atom is -0.0777 e. The second kappa shape index (κ2) is 5.80. The van der Waals surface area contributed by atoms with Crippen molar-refractivity contribution in [1.82, 2.24) is 0 Å². The molecule has 2 rings (SSSR count). The first kappa shape index (κ1) is 12.8. The lowest BCUT2D eigenvalue weighted by Gasteiger charge is -2.04. The molecule has 0 aliphatic carbocycles. The molecule has 0 unspecified atom stereocenters. The Hall–Kier alpha value is -0.640. The topological polar surface area (TPSA) is 0 Å². The van der Waals surface area contributed by atoms with E-state index in [1.165, 1.54) is 10.5 Å². The van der Waals surface area contributed by atoms with E-state index >= 15 is 0 Å². The van der Waals surface area contributed by atoms with Crippen LogP contribution >= 0.6 is 39.9 Å². The van der Waals surface area contributed by atoms with Gasteiger partial charge in [0, 0.05) is 9.37 Å². The van der Waals surface area contributed by atoms with Gasteiger partial charge in [0.05, 0.1) is 4.20 Å². The fourth-order valence-corrected chi connectivity index (χ4v) is 2.79. The maximum atomic E-state index is 5.43. The minimum absolute atomic E-state index is 0.904. The Kier molecular flexibility index (Phi) is 4.37. The summed E-state index contributed by atoms with van der Waals surface area (Å²) < 4.78 is 1.98. The van der Waals surface area contributed by atoms with Crippen LogP contribution in [0.5, 0.6) is 0 Å². The first-order valence-corrected chi connectivity index (χ1v) is 7.21. The summed E-state index contributed by atoms with van der Waals surface area (Å²) in [5.74, 6) is 0. The summed E-state index contributed by atoms with van der Waals surface area (Å²) >= 11 is 10.5. The van der Waals surface area contributed by atoms with E-state index in [0.717, 1.165) is 14.2 Å². The van der Waals surface area contributed by atoms with Crippen LogP contribution in [0.15, 0.2) is 57.9 Å². The lowest BCUT2D eigenvalue weighted by atomic mass is 10.2. The number of aryl methyl sites for hydroxylation is 1. The van der Waals surface area contributed by atoms with Gasteiger partial charge >= 0.3 is 0 Å². The SMILES string of the molecule is Cc1ccc(SC(=S)c2ccc(Br)cc2)cc1. The molecule has 17 heavy (non-hydrogen) atoms. The van der Waals surface area contributed by atoms with Crippen molar-refractivity contribution in [3.8, 4) is 0 Å². The molecule has 0 heterocycles. The van der Waals surface area contributed by atoms with Crippen molar-refractivity contribution >= 4 is 44.1 Å². The van der Waals surface area contributed by atoms with Gasteiger partial charge in [-0.2, -0.15) is 0 Å². The Morgan fingerprint density at radius 3 is 2.18 bits per heavy atom. The molecule has 0 aliphatic heterocycles. The molecule has 0 amide bonds. The van der Waals surface area contributed by atoms with Gasteiger partial charge < -0.3 is 0 Å². The van der Waals surface area contributed by atoms with Gasteiger partial charge in [-0.15, -0.1) is 0 Å². The molecule has 0 aromatic heterocycles. The summed E-state index contributed by atoms with van der Waals surface area (Å²) in [6.45, 7) is 2.08. The molecule has 0 atom stereocenters. The third-order valence-corrected chi connectivity index (χ3v) is 4.25. The third kappa shape index (κ3) is 3.66. The third-order valence-electron chi connectivity index (χ3n) is 2.31.